The molecule has 0 unspecified atom stereocenters. The van der Waals surface area contributed by atoms with Crippen molar-refractivity contribution in [1.29, 1.82) is 0 Å². The van der Waals surface area contributed by atoms with Crippen molar-refractivity contribution >= 4 is 34.6 Å². The lowest BCUT2D eigenvalue weighted by molar-refractivity contribution is -0.119. The summed E-state index contributed by atoms with van der Waals surface area (Å²) in [5.74, 6) is -0.197. The van der Waals surface area contributed by atoms with Gasteiger partial charge < -0.3 is 24.8 Å². The maximum atomic E-state index is 12.1. The molecular weight excluding hydrogens is 484 g/mol. The molecule has 0 radical (unpaired) electrons. The second-order valence-electron chi connectivity index (χ2n) is 8.86. The minimum atomic E-state index is -0.197. The average molecular weight is 513 g/mol. The lowest BCUT2D eigenvalue weighted by Gasteiger charge is -2.29. The molecule has 188 valence electrons. The van der Waals surface area contributed by atoms with E-state index in [2.05, 4.69) is 42.3 Å². The van der Waals surface area contributed by atoms with Gasteiger partial charge in [0, 0.05) is 42.8 Å². The fourth-order valence-corrected chi connectivity index (χ4v) is 5.04. The highest BCUT2D eigenvalue weighted by molar-refractivity contribution is 7.80. The average Bonchev–Trinajstić information content (AvgIpc) is 3.50. The van der Waals surface area contributed by atoms with Gasteiger partial charge in [-0.1, -0.05) is 12.1 Å². The standard InChI is InChI=1S/C28H28N6O2S/c1-19-16-21(11-12-22(19)31-25(35)18-36-2)34-27(26(32-28(34)37)23-9-4-6-14-30-23)24-10-7-15-33(24)17-20-8-3-5-13-29-20/h3-16,26-27H,17-18H2,1-2H3,(H,31,35)(H,32,37)/t26-,27+/m1/s1. The Morgan fingerprint density at radius 1 is 1.08 bits per heavy atom. The summed E-state index contributed by atoms with van der Waals surface area (Å²) in [6, 6.07) is 21.6. The van der Waals surface area contributed by atoms with Crippen molar-refractivity contribution in [2.45, 2.75) is 25.6 Å². The first-order valence-corrected chi connectivity index (χ1v) is 12.4. The molecule has 1 aliphatic rings. The van der Waals surface area contributed by atoms with Crippen LogP contribution in [0.3, 0.4) is 0 Å². The van der Waals surface area contributed by atoms with E-state index in [-0.39, 0.29) is 24.6 Å². The van der Waals surface area contributed by atoms with E-state index in [1.54, 1.807) is 6.20 Å². The number of carbonyl (C=O) groups excluding carboxylic acids is 1. The number of pyridine rings is 2. The Morgan fingerprint density at radius 2 is 1.89 bits per heavy atom. The summed E-state index contributed by atoms with van der Waals surface area (Å²) in [5, 5.41) is 7.02. The molecule has 2 atom stereocenters. The minimum absolute atomic E-state index is 0.00239. The molecule has 0 saturated carbocycles. The highest BCUT2D eigenvalue weighted by atomic mass is 32.1. The Bertz CT molecular complexity index is 1390. The smallest absolute Gasteiger partial charge is 0.250 e. The fourth-order valence-electron chi connectivity index (χ4n) is 4.69. The SMILES string of the molecule is COCC(=O)Nc1ccc(N2C(=S)N[C@H](c3ccccn3)[C@@H]2c2cccn2Cc2ccccn2)cc1C. The molecule has 37 heavy (non-hydrogen) atoms. The summed E-state index contributed by atoms with van der Waals surface area (Å²) in [6.07, 6.45) is 5.68. The maximum Gasteiger partial charge on any atom is 0.250 e. The number of ether oxygens (including phenoxy) is 1. The van der Waals surface area contributed by atoms with E-state index in [4.69, 9.17) is 17.0 Å². The van der Waals surface area contributed by atoms with E-state index >= 15 is 0 Å². The second kappa shape index (κ2) is 10.9. The topological polar surface area (TPSA) is 84.3 Å². The lowest BCUT2D eigenvalue weighted by atomic mass is 10.0. The largest absolute Gasteiger partial charge is 0.375 e. The summed E-state index contributed by atoms with van der Waals surface area (Å²) in [6.45, 7) is 2.61. The molecule has 1 amide bonds. The highest BCUT2D eigenvalue weighted by Crippen LogP contribution is 2.42. The van der Waals surface area contributed by atoms with Gasteiger partial charge >= 0.3 is 0 Å². The molecule has 1 fully saturated rings. The molecule has 9 heteroatoms. The van der Waals surface area contributed by atoms with Gasteiger partial charge in [0.05, 0.1) is 24.0 Å². The van der Waals surface area contributed by atoms with Crippen molar-refractivity contribution < 1.29 is 9.53 Å². The monoisotopic (exact) mass is 512 g/mol. The van der Waals surface area contributed by atoms with E-state index in [1.807, 2.05) is 73.8 Å². The molecule has 3 aromatic heterocycles. The summed E-state index contributed by atoms with van der Waals surface area (Å²) < 4.78 is 7.15. The van der Waals surface area contributed by atoms with Crippen LogP contribution in [0, 0.1) is 6.92 Å². The Hall–Kier alpha value is -4.08. The number of benzene rings is 1. The number of rotatable bonds is 8. The number of hydrogen-bond acceptors (Lipinski definition) is 5. The molecule has 0 spiro atoms. The third-order valence-electron chi connectivity index (χ3n) is 6.36. The van der Waals surface area contributed by atoms with E-state index < -0.39 is 0 Å². The van der Waals surface area contributed by atoms with E-state index in [0.29, 0.717) is 11.7 Å². The normalized spacial score (nSPS) is 17.0. The number of aromatic nitrogens is 3. The first kappa shape index (κ1) is 24.6. The Kier molecular flexibility index (Phi) is 7.25. The summed E-state index contributed by atoms with van der Waals surface area (Å²) >= 11 is 5.88. The highest BCUT2D eigenvalue weighted by Gasteiger charge is 2.42. The molecule has 0 aliphatic carbocycles. The molecular formula is C28H28N6O2S. The van der Waals surface area contributed by atoms with Crippen LogP contribution in [-0.2, 0) is 16.1 Å². The summed E-state index contributed by atoms with van der Waals surface area (Å²) in [7, 11) is 1.50. The predicted molar refractivity (Wildman–Crippen MR) is 147 cm³/mol. The van der Waals surface area contributed by atoms with Crippen LogP contribution in [0.4, 0.5) is 11.4 Å². The molecule has 4 heterocycles. The van der Waals surface area contributed by atoms with Gasteiger partial charge in [0.15, 0.2) is 5.11 Å². The quantitative estimate of drug-likeness (QED) is 0.339. The molecule has 1 aromatic carbocycles. The zero-order valence-corrected chi connectivity index (χ0v) is 21.5. The van der Waals surface area contributed by atoms with Gasteiger partial charge in [-0.15, -0.1) is 0 Å². The van der Waals surface area contributed by atoms with Gasteiger partial charge in [-0.05, 0) is 79.3 Å². The number of carbonyl (C=O) groups is 1. The maximum absolute atomic E-state index is 12.1. The first-order valence-electron chi connectivity index (χ1n) is 12.0. The van der Waals surface area contributed by atoms with E-state index in [0.717, 1.165) is 34.0 Å². The third kappa shape index (κ3) is 5.23. The van der Waals surface area contributed by atoms with Crippen LogP contribution in [0.1, 0.15) is 34.7 Å². The molecule has 5 rings (SSSR count). The predicted octanol–water partition coefficient (Wildman–Crippen LogP) is 4.40. The Labute approximate surface area is 221 Å². The summed E-state index contributed by atoms with van der Waals surface area (Å²) in [5.41, 5.74) is 5.55. The number of methoxy groups -OCH3 is 1. The number of amides is 1. The third-order valence-corrected chi connectivity index (χ3v) is 6.68. The lowest BCUT2D eigenvalue weighted by Crippen LogP contribution is -2.30. The molecule has 2 N–H and O–H groups in total. The molecule has 8 nitrogen and oxygen atoms in total. The van der Waals surface area contributed by atoms with Crippen LogP contribution in [0.15, 0.2) is 85.3 Å². The Balaban J connectivity index is 1.54. The minimum Gasteiger partial charge on any atom is -0.375 e. The van der Waals surface area contributed by atoms with Gasteiger partial charge in [0.1, 0.15) is 12.6 Å². The Morgan fingerprint density at radius 3 is 2.59 bits per heavy atom. The number of anilines is 2. The van der Waals surface area contributed by atoms with Crippen LogP contribution in [0.25, 0.3) is 0 Å². The van der Waals surface area contributed by atoms with Gasteiger partial charge in [-0.2, -0.15) is 0 Å². The van der Waals surface area contributed by atoms with E-state index in [9.17, 15) is 4.79 Å². The van der Waals surface area contributed by atoms with Gasteiger partial charge in [0.25, 0.3) is 0 Å². The van der Waals surface area contributed by atoms with Crippen molar-refractivity contribution in [2.75, 3.05) is 23.9 Å². The van der Waals surface area contributed by atoms with Crippen molar-refractivity contribution in [3.05, 3.63) is 108 Å². The van der Waals surface area contributed by atoms with Crippen LogP contribution >= 0.6 is 12.2 Å². The fraction of sp³-hybridized carbons (Fsp3) is 0.214. The number of thiocarbonyl (C=S) groups is 1. The summed E-state index contributed by atoms with van der Waals surface area (Å²) in [4.78, 5) is 23.4. The van der Waals surface area contributed by atoms with E-state index in [1.165, 1.54) is 7.11 Å². The number of nitrogens with zero attached hydrogens (tertiary/aromatic N) is 4. The van der Waals surface area contributed by atoms with Crippen molar-refractivity contribution in [2.24, 2.45) is 0 Å². The van der Waals surface area contributed by atoms with Gasteiger partial charge in [0.2, 0.25) is 5.91 Å². The van der Waals surface area contributed by atoms with Crippen LogP contribution in [-0.4, -0.2) is 39.3 Å². The number of hydrogen-bond donors (Lipinski definition) is 2. The zero-order valence-electron chi connectivity index (χ0n) is 20.7. The molecule has 4 aromatic rings. The number of aryl methyl sites for hydroxylation is 1. The molecule has 1 saturated heterocycles. The first-order chi connectivity index (χ1) is 18.0. The molecule has 0 bridgehead atoms. The van der Waals surface area contributed by atoms with Gasteiger partial charge in [-0.3, -0.25) is 14.8 Å². The van der Waals surface area contributed by atoms with Crippen molar-refractivity contribution in [1.82, 2.24) is 19.9 Å². The molecule has 1 aliphatic heterocycles. The zero-order chi connectivity index (χ0) is 25.8. The van der Waals surface area contributed by atoms with Crippen molar-refractivity contribution in [3.8, 4) is 0 Å². The number of nitrogens with one attached hydrogen (secondary N) is 2. The van der Waals surface area contributed by atoms with Gasteiger partial charge in [-0.25, -0.2) is 0 Å². The van der Waals surface area contributed by atoms with Crippen LogP contribution in [0.5, 0.6) is 0 Å². The second-order valence-corrected chi connectivity index (χ2v) is 9.25. The van der Waals surface area contributed by atoms with Crippen molar-refractivity contribution in [3.63, 3.8) is 0 Å². The van der Waals surface area contributed by atoms with Crippen LogP contribution in [0.2, 0.25) is 0 Å². The van der Waals surface area contributed by atoms with Crippen LogP contribution < -0.4 is 15.5 Å².